The van der Waals surface area contributed by atoms with Crippen LogP contribution in [0, 0.1) is 5.92 Å². The molecule has 0 heterocycles. The summed E-state index contributed by atoms with van der Waals surface area (Å²) in [6.07, 6.45) is 2.27. The summed E-state index contributed by atoms with van der Waals surface area (Å²) in [5.41, 5.74) is 2.74. The van der Waals surface area contributed by atoms with E-state index in [4.69, 9.17) is 0 Å². The number of fused-ring (bicyclic) bond motifs is 1. The van der Waals surface area contributed by atoms with E-state index >= 15 is 0 Å². The molecule has 0 bridgehead atoms. The molecule has 1 heteroatoms. The number of hydrogen-bond donors (Lipinski definition) is 0. The Balaban J connectivity index is 1.97. The highest BCUT2D eigenvalue weighted by molar-refractivity contribution is 5.94. The van der Waals surface area contributed by atoms with Crippen LogP contribution in [0.1, 0.15) is 25.8 Å². The van der Waals surface area contributed by atoms with Gasteiger partial charge in [0.15, 0.2) is 0 Å². The predicted octanol–water partition coefficient (Wildman–Crippen LogP) is 5.93. The second-order valence-electron chi connectivity index (χ2n) is 6.75. The average molecular weight is 317 g/mol. The molecule has 0 aliphatic carbocycles. The minimum atomic E-state index is 0.489. The van der Waals surface area contributed by atoms with Crippen molar-refractivity contribution in [3.05, 3.63) is 78.4 Å². The van der Waals surface area contributed by atoms with Crippen LogP contribution in [0.15, 0.2) is 72.8 Å². The largest absolute Gasteiger partial charge is 0.371 e. The molecule has 1 nitrogen and oxygen atoms in total. The Labute approximate surface area is 145 Å². The highest BCUT2D eigenvalue weighted by Crippen LogP contribution is 2.30. The van der Waals surface area contributed by atoms with Crippen LogP contribution in [0.3, 0.4) is 0 Å². The Morgan fingerprint density at radius 3 is 2.25 bits per heavy atom. The summed E-state index contributed by atoms with van der Waals surface area (Å²) in [6, 6.07) is 26.6. The van der Waals surface area contributed by atoms with Crippen molar-refractivity contribution in [3.8, 4) is 0 Å². The number of benzene rings is 3. The van der Waals surface area contributed by atoms with Gasteiger partial charge in [0.25, 0.3) is 0 Å². The lowest BCUT2D eigenvalue weighted by atomic mass is 9.91. The van der Waals surface area contributed by atoms with Crippen LogP contribution in [0.4, 0.5) is 5.69 Å². The van der Waals surface area contributed by atoms with E-state index < -0.39 is 0 Å². The molecule has 3 aromatic carbocycles. The number of nitrogens with zero attached hydrogens (tertiary/aromatic N) is 1. The molecule has 3 aromatic rings. The fourth-order valence-corrected chi connectivity index (χ4v) is 3.54. The number of likely N-dealkylation sites (N-methyl/N-ethyl adjacent to an activating group) is 1. The van der Waals surface area contributed by atoms with Crippen LogP contribution in [0.5, 0.6) is 0 Å². The first-order chi connectivity index (χ1) is 11.7. The van der Waals surface area contributed by atoms with Crippen LogP contribution in [-0.2, 0) is 6.42 Å². The van der Waals surface area contributed by atoms with E-state index in [-0.39, 0.29) is 0 Å². The third-order valence-electron chi connectivity index (χ3n) is 5.23. The summed E-state index contributed by atoms with van der Waals surface area (Å²) in [5, 5.41) is 2.65. The summed E-state index contributed by atoms with van der Waals surface area (Å²) < 4.78 is 0. The molecule has 124 valence electrons. The maximum atomic E-state index is 2.49. The molecule has 0 radical (unpaired) electrons. The molecule has 0 aromatic heterocycles. The second-order valence-corrected chi connectivity index (χ2v) is 6.75. The van der Waals surface area contributed by atoms with Gasteiger partial charge in [-0.3, -0.25) is 0 Å². The van der Waals surface area contributed by atoms with Gasteiger partial charge in [0, 0.05) is 24.2 Å². The summed E-state index contributed by atoms with van der Waals surface area (Å²) in [7, 11) is 2.25. The minimum Gasteiger partial charge on any atom is -0.371 e. The number of anilines is 1. The third-order valence-corrected chi connectivity index (χ3v) is 5.23. The van der Waals surface area contributed by atoms with E-state index in [1.54, 1.807) is 0 Å². The highest BCUT2D eigenvalue weighted by Gasteiger charge is 2.22. The van der Waals surface area contributed by atoms with Gasteiger partial charge in [-0.1, -0.05) is 87.0 Å². The topological polar surface area (TPSA) is 3.24 Å². The normalized spacial score (nSPS) is 13.6. The SMILES string of the molecule is CCC(C)C(Cc1ccccc1)N(C)c1cccc2ccccc12. The molecule has 0 aliphatic rings. The predicted molar refractivity (Wildman–Crippen MR) is 106 cm³/mol. The monoisotopic (exact) mass is 317 g/mol. The Morgan fingerprint density at radius 1 is 0.833 bits per heavy atom. The Kier molecular flexibility index (Phi) is 5.20. The van der Waals surface area contributed by atoms with Gasteiger partial charge in [-0.2, -0.15) is 0 Å². The van der Waals surface area contributed by atoms with E-state index in [0.29, 0.717) is 12.0 Å². The van der Waals surface area contributed by atoms with Crippen molar-refractivity contribution in [1.82, 2.24) is 0 Å². The third kappa shape index (κ3) is 3.46. The van der Waals surface area contributed by atoms with Crippen molar-refractivity contribution in [2.75, 3.05) is 11.9 Å². The molecular weight excluding hydrogens is 290 g/mol. The molecule has 24 heavy (non-hydrogen) atoms. The zero-order chi connectivity index (χ0) is 16.9. The van der Waals surface area contributed by atoms with Crippen LogP contribution in [0.25, 0.3) is 10.8 Å². The first-order valence-electron chi connectivity index (χ1n) is 8.95. The number of rotatable bonds is 6. The molecule has 2 atom stereocenters. The molecule has 0 amide bonds. The van der Waals surface area contributed by atoms with Gasteiger partial charge in [-0.15, -0.1) is 0 Å². The summed E-state index contributed by atoms with van der Waals surface area (Å²) in [6.45, 7) is 4.66. The molecule has 0 saturated heterocycles. The van der Waals surface area contributed by atoms with Gasteiger partial charge < -0.3 is 4.90 Å². The molecule has 0 saturated carbocycles. The molecule has 0 spiro atoms. The van der Waals surface area contributed by atoms with Gasteiger partial charge in [-0.25, -0.2) is 0 Å². The maximum Gasteiger partial charge on any atom is 0.0446 e. The lowest BCUT2D eigenvalue weighted by Gasteiger charge is -2.35. The molecule has 3 rings (SSSR count). The van der Waals surface area contributed by atoms with Crippen molar-refractivity contribution in [1.29, 1.82) is 0 Å². The molecule has 2 unspecified atom stereocenters. The van der Waals surface area contributed by atoms with Crippen LogP contribution in [-0.4, -0.2) is 13.1 Å². The van der Waals surface area contributed by atoms with Gasteiger partial charge >= 0.3 is 0 Å². The van der Waals surface area contributed by atoms with Crippen LogP contribution >= 0.6 is 0 Å². The Hall–Kier alpha value is -2.28. The van der Waals surface area contributed by atoms with Crippen molar-refractivity contribution in [3.63, 3.8) is 0 Å². The van der Waals surface area contributed by atoms with E-state index in [1.165, 1.54) is 28.4 Å². The summed E-state index contributed by atoms with van der Waals surface area (Å²) in [5.74, 6) is 0.633. The van der Waals surface area contributed by atoms with E-state index in [9.17, 15) is 0 Å². The van der Waals surface area contributed by atoms with Crippen molar-refractivity contribution >= 4 is 16.5 Å². The highest BCUT2D eigenvalue weighted by atomic mass is 15.1. The van der Waals surface area contributed by atoms with E-state index in [2.05, 4.69) is 98.6 Å². The van der Waals surface area contributed by atoms with Gasteiger partial charge in [-0.05, 0) is 29.4 Å². The number of hydrogen-bond acceptors (Lipinski definition) is 1. The summed E-state index contributed by atoms with van der Waals surface area (Å²) >= 11 is 0. The Morgan fingerprint density at radius 2 is 1.50 bits per heavy atom. The molecule has 0 aliphatic heterocycles. The zero-order valence-electron chi connectivity index (χ0n) is 14.9. The van der Waals surface area contributed by atoms with E-state index in [0.717, 1.165) is 6.42 Å². The van der Waals surface area contributed by atoms with Gasteiger partial charge in [0.1, 0.15) is 0 Å². The van der Waals surface area contributed by atoms with Crippen molar-refractivity contribution < 1.29 is 0 Å². The lowest BCUT2D eigenvalue weighted by Crippen LogP contribution is -2.38. The maximum absolute atomic E-state index is 2.49. The lowest BCUT2D eigenvalue weighted by molar-refractivity contribution is 0.425. The Bertz CT molecular complexity index is 773. The summed E-state index contributed by atoms with van der Waals surface area (Å²) in [4.78, 5) is 2.49. The van der Waals surface area contributed by atoms with Crippen LogP contribution in [0.2, 0.25) is 0 Å². The van der Waals surface area contributed by atoms with Gasteiger partial charge in [0.2, 0.25) is 0 Å². The van der Waals surface area contributed by atoms with Crippen LogP contribution < -0.4 is 4.90 Å². The second kappa shape index (κ2) is 7.53. The van der Waals surface area contributed by atoms with Crippen molar-refractivity contribution in [2.45, 2.75) is 32.7 Å². The smallest absolute Gasteiger partial charge is 0.0446 e. The van der Waals surface area contributed by atoms with Gasteiger partial charge in [0.05, 0.1) is 0 Å². The first kappa shape index (κ1) is 16.6. The van der Waals surface area contributed by atoms with Crippen molar-refractivity contribution in [2.24, 2.45) is 5.92 Å². The average Bonchev–Trinajstić information content (AvgIpc) is 2.65. The molecule has 0 N–H and O–H groups in total. The fourth-order valence-electron chi connectivity index (χ4n) is 3.54. The zero-order valence-corrected chi connectivity index (χ0v) is 14.9. The quantitative estimate of drug-likeness (QED) is 0.544. The standard InChI is InChI=1S/C23H27N/c1-4-18(2)23(17-19-11-6-5-7-12-19)24(3)22-16-10-14-20-13-8-9-15-21(20)22/h5-16,18,23H,4,17H2,1-3H3. The minimum absolute atomic E-state index is 0.489. The fraction of sp³-hybridized carbons (Fsp3) is 0.304. The molecule has 0 fully saturated rings. The molecular formula is C23H27N. The van der Waals surface area contributed by atoms with E-state index in [1.807, 2.05) is 0 Å². The first-order valence-corrected chi connectivity index (χ1v) is 8.95.